The van der Waals surface area contributed by atoms with Gasteiger partial charge in [-0.15, -0.1) is 0 Å². The molecule has 0 spiro atoms. The lowest BCUT2D eigenvalue weighted by Crippen LogP contribution is -1.98. The molecule has 0 aliphatic heterocycles. The molecule has 0 N–H and O–H groups in total. The maximum absolute atomic E-state index is 6.28. The minimum Gasteiger partial charge on any atom is -0.0836 e. The van der Waals surface area contributed by atoms with Gasteiger partial charge in [0.1, 0.15) is 0 Å². The highest BCUT2D eigenvalue weighted by atomic mass is 35.5. The Labute approximate surface area is 107 Å². The molecule has 0 amide bonds. The number of benzene rings is 1. The Bertz CT molecular complexity index is 291. The molecule has 15 heavy (non-hydrogen) atoms. The van der Waals surface area contributed by atoms with Gasteiger partial charge in [-0.2, -0.15) is 0 Å². The fourth-order valence-corrected chi connectivity index (χ4v) is 3.28. The Morgan fingerprint density at radius 1 is 0.600 bits per heavy atom. The van der Waals surface area contributed by atoms with Gasteiger partial charge in [-0.25, -0.2) is 0 Å². The number of halogens is 3. The summed E-state index contributed by atoms with van der Waals surface area (Å²) in [4.78, 5) is 0. The first kappa shape index (κ1) is 13.2. The van der Waals surface area contributed by atoms with Gasteiger partial charge in [-0.1, -0.05) is 55.6 Å². The molecule has 1 aromatic carbocycles. The van der Waals surface area contributed by atoms with E-state index >= 15 is 0 Å². The Morgan fingerprint density at radius 3 is 0.933 bits per heavy atom. The fraction of sp³-hybridized carbons (Fsp3) is 0.500. The second-order valence-electron chi connectivity index (χ2n) is 3.44. The van der Waals surface area contributed by atoms with Crippen LogP contribution >= 0.6 is 34.8 Å². The molecular weight excluding hydrogens is 250 g/mol. The van der Waals surface area contributed by atoms with Crippen LogP contribution in [0.5, 0.6) is 0 Å². The van der Waals surface area contributed by atoms with Crippen LogP contribution in [0.2, 0.25) is 15.1 Å². The second kappa shape index (κ2) is 5.43. The van der Waals surface area contributed by atoms with E-state index < -0.39 is 0 Å². The molecule has 0 fully saturated rings. The minimum absolute atomic E-state index is 0.743. The van der Waals surface area contributed by atoms with E-state index in [1.807, 2.05) is 0 Å². The molecule has 0 saturated heterocycles. The van der Waals surface area contributed by atoms with Crippen molar-refractivity contribution in [2.75, 3.05) is 0 Å². The van der Waals surface area contributed by atoms with Crippen LogP contribution in [0.1, 0.15) is 37.5 Å². The third-order valence-electron chi connectivity index (χ3n) is 2.65. The first-order valence-corrected chi connectivity index (χ1v) is 6.38. The lowest BCUT2D eigenvalue weighted by molar-refractivity contribution is 1.04. The zero-order chi connectivity index (χ0) is 11.6. The van der Waals surface area contributed by atoms with Gasteiger partial charge in [0, 0.05) is 15.1 Å². The zero-order valence-corrected chi connectivity index (χ0v) is 11.5. The van der Waals surface area contributed by atoms with Crippen LogP contribution in [0.15, 0.2) is 0 Å². The summed E-state index contributed by atoms with van der Waals surface area (Å²) in [6, 6.07) is 0. The number of rotatable bonds is 3. The summed E-state index contributed by atoms with van der Waals surface area (Å²) in [5.74, 6) is 0. The summed E-state index contributed by atoms with van der Waals surface area (Å²) in [6.07, 6.45) is 2.53. The number of hydrogen-bond donors (Lipinski definition) is 0. The van der Waals surface area contributed by atoms with E-state index in [1.165, 1.54) is 0 Å². The van der Waals surface area contributed by atoms with Gasteiger partial charge < -0.3 is 0 Å². The van der Waals surface area contributed by atoms with Gasteiger partial charge in [0.2, 0.25) is 0 Å². The number of hydrogen-bond acceptors (Lipinski definition) is 0. The molecule has 0 unspecified atom stereocenters. The van der Waals surface area contributed by atoms with Gasteiger partial charge in [0.15, 0.2) is 0 Å². The standard InChI is InChI=1S/C12H15Cl3/c1-4-7-10(13)8(5-2)12(15)9(6-3)11(7)14/h4-6H2,1-3H3. The van der Waals surface area contributed by atoms with Gasteiger partial charge >= 0.3 is 0 Å². The topological polar surface area (TPSA) is 0 Å². The van der Waals surface area contributed by atoms with E-state index in [2.05, 4.69) is 20.8 Å². The average molecular weight is 266 g/mol. The zero-order valence-electron chi connectivity index (χ0n) is 9.26. The van der Waals surface area contributed by atoms with Crippen molar-refractivity contribution < 1.29 is 0 Å². The van der Waals surface area contributed by atoms with E-state index in [-0.39, 0.29) is 0 Å². The predicted molar refractivity (Wildman–Crippen MR) is 69.6 cm³/mol. The van der Waals surface area contributed by atoms with Crippen molar-refractivity contribution in [2.24, 2.45) is 0 Å². The van der Waals surface area contributed by atoms with Crippen LogP contribution < -0.4 is 0 Å². The molecule has 0 saturated carbocycles. The first-order chi connectivity index (χ1) is 7.08. The Kier molecular flexibility index (Phi) is 4.76. The third-order valence-corrected chi connectivity index (χ3v) is 4.02. The van der Waals surface area contributed by atoms with Gasteiger partial charge in [0.05, 0.1) is 0 Å². The molecular formula is C12H15Cl3. The molecule has 0 heterocycles. The lowest BCUT2D eigenvalue weighted by atomic mass is 10.0. The summed E-state index contributed by atoms with van der Waals surface area (Å²) < 4.78 is 0. The Hall–Kier alpha value is 0.0900. The highest BCUT2D eigenvalue weighted by Crippen LogP contribution is 2.38. The highest BCUT2D eigenvalue weighted by Gasteiger charge is 2.17. The summed E-state index contributed by atoms with van der Waals surface area (Å²) in [7, 11) is 0. The van der Waals surface area contributed by atoms with E-state index in [0.29, 0.717) is 0 Å². The molecule has 0 radical (unpaired) electrons. The van der Waals surface area contributed by atoms with Crippen molar-refractivity contribution in [3.05, 3.63) is 31.8 Å². The van der Waals surface area contributed by atoms with Gasteiger partial charge in [-0.3, -0.25) is 0 Å². The van der Waals surface area contributed by atoms with Crippen molar-refractivity contribution in [3.8, 4) is 0 Å². The fourth-order valence-electron chi connectivity index (χ4n) is 1.77. The maximum atomic E-state index is 6.28. The molecule has 3 heteroatoms. The lowest BCUT2D eigenvalue weighted by Gasteiger charge is -2.16. The molecule has 1 rings (SSSR count). The monoisotopic (exact) mass is 264 g/mol. The van der Waals surface area contributed by atoms with Crippen LogP contribution in [-0.2, 0) is 19.3 Å². The van der Waals surface area contributed by atoms with E-state index in [4.69, 9.17) is 34.8 Å². The molecule has 1 aromatic rings. The quantitative estimate of drug-likeness (QED) is 0.692. The largest absolute Gasteiger partial charge is 0.0836 e. The van der Waals surface area contributed by atoms with Crippen LogP contribution in [-0.4, -0.2) is 0 Å². The van der Waals surface area contributed by atoms with E-state index in [0.717, 1.165) is 51.0 Å². The third kappa shape index (κ3) is 2.27. The van der Waals surface area contributed by atoms with Gasteiger partial charge in [-0.05, 0) is 36.0 Å². The van der Waals surface area contributed by atoms with Gasteiger partial charge in [0.25, 0.3) is 0 Å². The molecule has 0 aromatic heterocycles. The Morgan fingerprint density at radius 2 is 0.800 bits per heavy atom. The predicted octanol–water partition coefficient (Wildman–Crippen LogP) is 5.33. The van der Waals surface area contributed by atoms with Crippen LogP contribution in [0.4, 0.5) is 0 Å². The molecule has 0 aliphatic rings. The van der Waals surface area contributed by atoms with Crippen molar-refractivity contribution in [1.29, 1.82) is 0 Å². The maximum Gasteiger partial charge on any atom is 0.0499 e. The molecule has 0 aliphatic carbocycles. The first-order valence-electron chi connectivity index (χ1n) is 5.25. The summed E-state index contributed by atoms with van der Waals surface area (Å²) in [5.41, 5.74) is 3.07. The molecule has 0 atom stereocenters. The van der Waals surface area contributed by atoms with Crippen LogP contribution in [0, 0.1) is 0 Å². The smallest absolute Gasteiger partial charge is 0.0499 e. The Balaban J connectivity index is 3.57. The van der Waals surface area contributed by atoms with Crippen LogP contribution in [0.3, 0.4) is 0 Å². The summed E-state index contributed by atoms with van der Waals surface area (Å²) in [6.45, 7) is 6.17. The van der Waals surface area contributed by atoms with Crippen molar-refractivity contribution in [2.45, 2.75) is 40.0 Å². The summed E-state index contributed by atoms with van der Waals surface area (Å²) >= 11 is 18.8. The molecule has 0 bridgehead atoms. The average Bonchev–Trinajstić information content (AvgIpc) is 2.19. The SMILES string of the molecule is CCc1c(Cl)c(CC)c(Cl)c(CC)c1Cl. The minimum atomic E-state index is 0.743. The highest BCUT2D eigenvalue weighted by molar-refractivity contribution is 6.41. The van der Waals surface area contributed by atoms with Crippen LogP contribution in [0.25, 0.3) is 0 Å². The second-order valence-corrected chi connectivity index (χ2v) is 4.57. The molecule has 84 valence electrons. The van der Waals surface area contributed by atoms with Crippen molar-refractivity contribution >= 4 is 34.8 Å². The molecule has 0 nitrogen and oxygen atoms in total. The summed E-state index contributed by atoms with van der Waals surface area (Å²) in [5, 5.41) is 2.23. The van der Waals surface area contributed by atoms with Crippen molar-refractivity contribution in [3.63, 3.8) is 0 Å². The van der Waals surface area contributed by atoms with E-state index in [9.17, 15) is 0 Å². The normalized spacial score (nSPS) is 10.8. The van der Waals surface area contributed by atoms with E-state index in [1.54, 1.807) is 0 Å². The van der Waals surface area contributed by atoms with Crippen molar-refractivity contribution in [1.82, 2.24) is 0 Å².